The topological polar surface area (TPSA) is 69.6 Å². The standard InChI is InChI=1S/C16H16N2O3S/c19-15(10-18-6-2-1-3-7-18)17-12-4-5-13-11(8-12)9-14(22-13)16(20)21/h1-2,4-5,8-9H,3,6-7,10H2,(H,17,19)(H,20,21). The summed E-state index contributed by atoms with van der Waals surface area (Å²) in [5, 5.41) is 12.7. The minimum absolute atomic E-state index is 0.0525. The van der Waals surface area contributed by atoms with Crippen molar-refractivity contribution in [3.63, 3.8) is 0 Å². The van der Waals surface area contributed by atoms with Crippen LogP contribution >= 0.6 is 11.3 Å². The second kappa shape index (κ2) is 6.29. The van der Waals surface area contributed by atoms with Crippen LogP contribution in [0.2, 0.25) is 0 Å². The molecule has 0 bridgehead atoms. The van der Waals surface area contributed by atoms with Crippen molar-refractivity contribution in [1.29, 1.82) is 0 Å². The van der Waals surface area contributed by atoms with Crippen molar-refractivity contribution in [3.05, 3.63) is 41.3 Å². The minimum Gasteiger partial charge on any atom is -0.477 e. The van der Waals surface area contributed by atoms with Gasteiger partial charge in [0.05, 0.1) is 6.54 Å². The molecule has 0 fully saturated rings. The Morgan fingerprint density at radius 3 is 2.86 bits per heavy atom. The molecule has 1 aliphatic rings. The van der Waals surface area contributed by atoms with Gasteiger partial charge in [0.25, 0.3) is 0 Å². The van der Waals surface area contributed by atoms with Gasteiger partial charge < -0.3 is 10.4 Å². The summed E-state index contributed by atoms with van der Waals surface area (Å²) in [5.41, 5.74) is 0.694. The van der Waals surface area contributed by atoms with Gasteiger partial charge in [-0.15, -0.1) is 11.3 Å². The number of nitrogens with zero attached hydrogens (tertiary/aromatic N) is 1. The van der Waals surface area contributed by atoms with Gasteiger partial charge in [0.1, 0.15) is 4.88 Å². The van der Waals surface area contributed by atoms with Gasteiger partial charge in [0.15, 0.2) is 0 Å². The van der Waals surface area contributed by atoms with Crippen molar-refractivity contribution in [2.24, 2.45) is 0 Å². The van der Waals surface area contributed by atoms with E-state index in [9.17, 15) is 9.59 Å². The zero-order valence-electron chi connectivity index (χ0n) is 11.9. The molecule has 2 aromatic rings. The summed E-state index contributed by atoms with van der Waals surface area (Å²) in [7, 11) is 0. The van der Waals surface area contributed by atoms with Crippen LogP contribution < -0.4 is 5.32 Å². The number of hydrogen-bond acceptors (Lipinski definition) is 4. The number of thiophene rings is 1. The van der Waals surface area contributed by atoms with Gasteiger partial charge in [0, 0.05) is 23.5 Å². The van der Waals surface area contributed by atoms with Gasteiger partial charge in [-0.3, -0.25) is 9.69 Å². The largest absolute Gasteiger partial charge is 0.477 e. The Morgan fingerprint density at radius 2 is 2.14 bits per heavy atom. The summed E-state index contributed by atoms with van der Waals surface area (Å²) < 4.78 is 0.900. The van der Waals surface area contributed by atoms with Crippen molar-refractivity contribution < 1.29 is 14.7 Å². The Bertz CT molecular complexity index is 751. The molecule has 1 aliphatic heterocycles. The maximum absolute atomic E-state index is 12.1. The third-order valence-corrected chi connectivity index (χ3v) is 4.62. The van der Waals surface area contributed by atoms with Crippen LogP contribution in [0.1, 0.15) is 16.1 Å². The van der Waals surface area contributed by atoms with Crippen LogP contribution in [0, 0.1) is 0 Å². The molecule has 1 amide bonds. The van der Waals surface area contributed by atoms with Crippen molar-refractivity contribution in [2.75, 3.05) is 25.0 Å². The highest BCUT2D eigenvalue weighted by molar-refractivity contribution is 7.20. The van der Waals surface area contributed by atoms with Crippen LogP contribution in [0.5, 0.6) is 0 Å². The fourth-order valence-corrected chi connectivity index (χ4v) is 3.35. The second-order valence-corrected chi connectivity index (χ2v) is 6.30. The predicted molar refractivity (Wildman–Crippen MR) is 87.6 cm³/mol. The zero-order valence-corrected chi connectivity index (χ0v) is 12.7. The van der Waals surface area contributed by atoms with E-state index in [0.717, 1.165) is 29.6 Å². The molecular formula is C16H16N2O3S. The number of fused-ring (bicyclic) bond motifs is 1. The van der Waals surface area contributed by atoms with Crippen molar-refractivity contribution in [2.45, 2.75) is 6.42 Å². The van der Waals surface area contributed by atoms with E-state index in [1.165, 1.54) is 11.3 Å². The van der Waals surface area contributed by atoms with Gasteiger partial charge in [-0.2, -0.15) is 0 Å². The molecule has 1 aromatic carbocycles. The Morgan fingerprint density at radius 1 is 1.27 bits per heavy atom. The molecule has 0 aliphatic carbocycles. The first kappa shape index (κ1) is 14.7. The van der Waals surface area contributed by atoms with Crippen molar-refractivity contribution in [1.82, 2.24) is 4.90 Å². The third kappa shape index (κ3) is 3.35. The third-order valence-electron chi connectivity index (χ3n) is 3.52. The Hall–Kier alpha value is -2.18. The van der Waals surface area contributed by atoms with Gasteiger partial charge in [-0.1, -0.05) is 12.2 Å². The summed E-state index contributed by atoms with van der Waals surface area (Å²) in [5.74, 6) is -0.978. The minimum atomic E-state index is -0.926. The highest BCUT2D eigenvalue weighted by Crippen LogP contribution is 2.28. The summed E-state index contributed by atoms with van der Waals surface area (Å²) in [6.07, 6.45) is 5.17. The molecule has 0 unspecified atom stereocenters. The predicted octanol–water partition coefficient (Wildman–Crippen LogP) is 2.80. The summed E-state index contributed by atoms with van der Waals surface area (Å²) in [6.45, 7) is 2.07. The molecule has 22 heavy (non-hydrogen) atoms. The maximum atomic E-state index is 12.1. The van der Waals surface area contributed by atoms with E-state index >= 15 is 0 Å². The normalized spacial score (nSPS) is 15.1. The molecule has 2 heterocycles. The van der Waals surface area contributed by atoms with Gasteiger partial charge >= 0.3 is 5.97 Å². The maximum Gasteiger partial charge on any atom is 0.345 e. The van der Waals surface area contributed by atoms with Gasteiger partial charge in [-0.25, -0.2) is 4.79 Å². The number of nitrogens with one attached hydrogen (secondary N) is 1. The highest BCUT2D eigenvalue weighted by Gasteiger charge is 2.12. The molecule has 1 aromatic heterocycles. The average molecular weight is 316 g/mol. The molecule has 0 spiro atoms. The Kier molecular flexibility index (Phi) is 4.22. The second-order valence-electron chi connectivity index (χ2n) is 5.21. The molecule has 2 N–H and O–H groups in total. The molecule has 0 saturated carbocycles. The summed E-state index contributed by atoms with van der Waals surface area (Å²) >= 11 is 1.23. The van der Waals surface area contributed by atoms with Crippen LogP contribution in [0.3, 0.4) is 0 Å². The number of carboxylic acids is 1. The lowest BCUT2D eigenvalue weighted by Crippen LogP contribution is -2.35. The fourth-order valence-electron chi connectivity index (χ4n) is 2.46. The zero-order chi connectivity index (χ0) is 15.5. The molecule has 114 valence electrons. The van der Waals surface area contributed by atoms with E-state index in [0.29, 0.717) is 17.1 Å². The monoisotopic (exact) mass is 316 g/mol. The lowest BCUT2D eigenvalue weighted by atomic mass is 10.2. The number of amides is 1. The number of carboxylic acid groups (broad SMARTS) is 1. The van der Waals surface area contributed by atoms with Crippen LogP contribution in [0.15, 0.2) is 36.4 Å². The number of rotatable bonds is 4. The SMILES string of the molecule is O=C(CN1CC=CCC1)Nc1ccc2sc(C(=O)O)cc2c1. The van der Waals surface area contributed by atoms with Gasteiger partial charge in [-0.05, 0) is 36.1 Å². The van der Waals surface area contributed by atoms with E-state index in [1.807, 2.05) is 12.1 Å². The number of aromatic carboxylic acids is 1. The van der Waals surface area contributed by atoms with Crippen LogP contribution in [-0.2, 0) is 4.79 Å². The number of benzene rings is 1. The Labute approximate surface area is 131 Å². The smallest absolute Gasteiger partial charge is 0.345 e. The van der Waals surface area contributed by atoms with E-state index < -0.39 is 5.97 Å². The lowest BCUT2D eigenvalue weighted by Gasteiger charge is -2.22. The van der Waals surface area contributed by atoms with Crippen molar-refractivity contribution >= 4 is 39.0 Å². The van der Waals surface area contributed by atoms with E-state index in [4.69, 9.17) is 5.11 Å². The number of carbonyl (C=O) groups is 2. The fraction of sp³-hybridized carbons (Fsp3) is 0.250. The first-order valence-electron chi connectivity index (χ1n) is 7.06. The quantitative estimate of drug-likeness (QED) is 0.851. The van der Waals surface area contributed by atoms with E-state index in [-0.39, 0.29) is 5.91 Å². The Balaban J connectivity index is 1.69. The molecular weight excluding hydrogens is 300 g/mol. The van der Waals surface area contributed by atoms with Crippen LogP contribution in [0.25, 0.3) is 10.1 Å². The number of hydrogen-bond donors (Lipinski definition) is 2. The molecule has 6 heteroatoms. The average Bonchev–Trinajstić information content (AvgIpc) is 2.91. The van der Waals surface area contributed by atoms with Crippen molar-refractivity contribution in [3.8, 4) is 0 Å². The molecule has 0 saturated heterocycles. The molecule has 0 radical (unpaired) electrons. The highest BCUT2D eigenvalue weighted by atomic mass is 32.1. The molecule has 0 atom stereocenters. The van der Waals surface area contributed by atoms with E-state index in [2.05, 4.69) is 22.4 Å². The number of carbonyl (C=O) groups excluding carboxylic acids is 1. The van der Waals surface area contributed by atoms with E-state index in [1.54, 1.807) is 12.1 Å². The lowest BCUT2D eigenvalue weighted by molar-refractivity contribution is -0.117. The first-order valence-corrected chi connectivity index (χ1v) is 7.87. The number of anilines is 1. The summed E-state index contributed by atoms with van der Waals surface area (Å²) in [6, 6.07) is 7.09. The first-order chi connectivity index (χ1) is 10.6. The van der Waals surface area contributed by atoms with Crippen LogP contribution in [-0.4, -0.2) is 41.5 Å². The van der Waals surface area contributed by atoms with Gasteiger partial charge in [0.2, 0.25) is 5.91 Å². The molecule has 5 nitrogen and oxygen atoms in total. The summed E-state index contributed by atoms with van der Waals surface area (Å²) in [4.78, 5) is 25.4. The molecule has 3 rings (SSSR count). The van der Waals surface area contributed by atoms with Crippen LogP contribution in [0.4, 0.5) is 5.69 Å².